The monoisotopic (exact) mass is 333 g/mol. The van der Waals surface area contributed by atoms with Gasteiger partial charge in [-0.15, -0.1) is 0 Å². The van der Waals surface area contributed by atoms with E-state index in [4.69, 9.17) is 4.52 Å². The van der Waals surface area contributed by atoms with Gasteiger partial charge in [-0.2, -0.15) is 0 Å². The van der Waals surface area contributed by atoms with E-state index in [0.29, 0.717) is 27.8 Å². The van der Waals surface area contributed by atoms with Crippen molar-refractivity contribution in [3.63, 3.8) is 0 Å². The first-order valence-corrected chi connectivity index (χ1v) is 7.85. The van der Waals surface area contributed by atoms with Gasteiger partial charge in [-0.1, -0.05) is 16.9 Å². The molecule has 3 rings (SSSR count). The zero-order valence-electron chi connectivity index (χ0n) is 12.8. The van der Waals surface area contributed by atoms with Gasteiger partial charge in [0.05, 0.1) is 11.3 Å². The number of nitrogens with one attached hydrogen (secondary N) is 2. The van der Waals surface area contributed by atoms with Crippen molar-refractivity contribution in [1.82, 2.24) is 19.7 Å². The largest absolute Gasteiger partial charge is 0.360 e. The quantitative estimate of drug-likeness (QED) is 0.555. The van der Waals surface area contributed by atoms with E-state index in [1.165, 1.54) is 16.3 Å². The number of aromatic amines is 1. The van der Waals surface area contributed by atoms with Crippen LogP contribution in [-0.4, -0.2) is 31.4 Å². The van der Waals surface area contributed by atoms with Crippen molar-refractivity contribution in [2.45, 2.75) is 19.0 Å². The molecule has 3 aromatic rings. The molecular formula is C14H15N5O3S. The number of hydrogen-bond acceptors (Lipinski definition) is 6. The molecule has 23 heavy (non-hydrogen) atoms. The van der Waals surface area contributed by atoms with Crippen LogP contribution in [0, 0.1) is 13.8 Å². The second kappa shape index (κ2) is 5.92. The Bertz CT molecular complexity index is 940. The number of hydrogen-bond donors (Lipinski definition) is 2. The van der Waals surface area contributed by atoms with Crippen LogP contribution in [0.2, 0.25) is 0 Å². The lowest BCUT2D eigenvalue weighted by Gasteiger charge is -2.06. The lowest BCUT2D eigenvalue weighted by Crippen LogP contribution is -2.21. The summed E-state index contributed by atoms with van der Waals surface area (Å²) < 4.78 is 6.31. The zero-order chi connectivity index (χ0) is 16.6. The average Bonchev–Trinajstić information content (AvgIpc) is 3.07. The van der Waals surface area contributed by atoms with Crippen molar-refractivity contribution in [3.8, 4) is 0 Å². The SMILES string of the molecule is Cc1cc2nc(SCC(=O)Nc3cc(C)on3)n(C)c(=O)c2[nH]1. The van der Waals surface area contributed by atoms with Gasteiger partial charge in [0.15, 0.2) is 11.0 Å². The van der Waals surface area contributed by atoms with Crippen LogP contribution in [0.25, 0.3) is 11.0 Å². The topological polar surface area (TPSA) is 106 Å². The number of carbonyl (C=O) groups is 1. The van der Waals surface area contributed by atoms with Gasteiger partial charge < -0.3 is 14.8 Å². The molecule has 0 aliphatic carbocycles. The molecule has 0 aromatic carbocycles. The minimum atomic E-state index is -0.247. The van der Waals surface area contributed by atoms with Gasteiger partial charge in [0.2, 0.25) is 5.91 Å². The third-order valence-electron chi connectivity index (χ3n) is 3.18. The standard InChI is InChI=1S/C14H15N5O3S/c1-7-4-9-12(15-7)13(21)19(3)14(16-9)23-6-11(20)17-10-5-8(2)22-18-10/h4-5,15H,6H2,1-3H3,(H,17,18,20). The van der Waals surface area contributed by atoms with Crippen molar-refractivity contribution in [1.29, 1.82) is 0 Å². The van der Waals surface area contributed by atoms with Crippen LogP contribution < -0.4 is 10.9 Å². The smallest absolute Gasteiger partial charge is 0.278 e. The summed E-state index contributed by atoms with van der Waals surface area (Å²) in [5.74, 6) is 0.848. The Hall–Kier alpha value is -2.55. The molecule has 0 atom stereocenters. The van der Waals surface area contributed by atoms with Crippen molar-refractivity contribution in [2.75, 3.05) is 11.1 Å². The van der Waals surface area contributed by atoms with Gasteiger partial charge in [-0.05, 0) is 19.9 Å². The summed E-state index contributed by atoms with van der Waals surface area (Å²) in [6.07, 6.45) is 0. The lowest BCUT2D eigenvalue weighted by molar-refractivity contribution is -0.113. The van der Waals surface area contributed by atoms with Gasteiger partial charge in [-0.25, -0.2) is 4.98 Å². The molecule has 0 unspecified atom stereocenters. The Balaban J connectivity index is 1.75. The van der Waals surface area contributed by atoms with Gasteiger partial charge in [-0.3, -0.25) is 14.2 Å². The Morgan fingerprint density at radius 2 is 2.22 bits per heavy atom. The number of H-pyrrole nitrogens is 1. The van der Waals surface area contributed by atoms with Crippen molar-refractivity contribution in [2.24, 2.45) is 7.05 Å². The van der Waals surface area contributed by atoms with Crippen molar-refractivity contribution < 1.29 is 9.32 Å². The van der Waals surface area contributed by atoms with E-state index in [1.54, 1.807) is 26.1 Å². The number of aryl methyl sites for hydroxylation is 2. The first-order valence-electron chi connectivity index (χ1n) is 6.86. The molecule has 0 radical (unpaired) electrons. The lowest BCUT2D eigenvalue weighted by atomic mass is 10.4. The number of fused-ring (bicyclic) bond motifs is 1. The zero-order valence-corrected chi connectivity index (χ0v) is 13.7. The maximum absolute atomic E-state index is 12.3. The minimum absolute atomic E-state index is 0.112. The molecule has 8 nitrogen and oxygen atoms in total. The summed E-state index contributed by atoms with van der Waals surface area (Å²) in [5, 5.41) is 6.80. The maximum atomic E-state index is 12.3. The third kappa shape index (κ3) is 3.14. The van der Waals surface area contributed by atoms with Crippen LogP contribution in [0.1, 0.15) is 11.5 Å². The number of thioether (sulfide) groups is 1. The highest BCUT2D eigenvalue weighted by atomic mass is 32.2. The van der Waals surface area contributed by atoms with E-state index in [-0.39, 0.29) is 17.2 Å². The van der Waals surface area contributed by atoms with Crippen LogP contribution in [0.15, 0.2) is 26.6 Å². The van der Waals surface area contributed by atoms with Crippen molar-refractivity contribution in [3.05, 3.63) is 33.9 Å². The minimum Gasteiger partial charge on any atom is -0.360 e. The molecule has 0 fully saturated rings. The van der Waals surface area contributed by atoms with Crippen LogP contribution in [-0.2, 0) is 11.8 Å². The molecule has 9 heteroatoms. The molecule has 0 saturated heterocycles. The first kappa shape index (κ1) is 15.3. The fourth-order valence-corrected chi connectivity index (χ4v) is 2.89. The second-order valence-corrected chi connectivity index (χ2v) is 6.07. The summed E-state index contributed by atoms with van der Waals surface area (Å²) in [6, 6.07) is 3.43. The molecule has 0 saturated carbocycles. The number of carbonyl (C=O) groups excluding carboxylic acids is 1. The number of aromatic nitrogens is 4. The summed E-state index contributed by atoms with van der Waals surface area (Å²) in [7, 11) is 1.63. The molecule has 2 N–H and O–H groups in total. The molecule has 120 valence electrons. The Kier molecular flexibility index (Phi) is 3.95. The van der Waals surface area contributed by atoms with Crippen LogP contribution in [0.3, 0.4) is 0 Å². The average molecular weight is 333 g/mol. The van der Waals surface area contributed by atoms with E-state index >= 15 is 0 Å². The van der Waals surface area contributed by atoms with E-state index in [9.17, 15) is 9.59 Å². The number of nitrogens with zero attached hydrogens (tertiary/aromatic N) is 3. The Labute approximate surface area is 135 Å². The number of rotatable bonds is 4. The maximum Gasteiger partial charge on any atom is 0.278 e. The third-order valence-corrected chi connectivity index (χ3v) is 4.21. The summed E-state index contributed by atoms with van der Waals surface area (Å²) in [6.45, 7) is 3.60. The number of anilines is 1. The van der Waals surface area contributed by atoms with Gasteiger partial charge in [0.1, 0.15) is 11.3 Å². The summed E-state index contributed by atoms with van der Waals surface area (Å²) >= 11 is 1.19. The fourth-order valence-electron chi connectivity index (χ4n) is 2.12. The number of amides is 1. The van der Waals surface area contributed by atoms with E-state index in [2.05, 4.69) is 20.4 Å². The normalized spacial score (nSPS) is 11.1. The molecule has 0 aliphatic rings. The molecule has 3 aromatic heterocycles. The Morgan fingerprint density at radius 3 is 2.91 bits per heavy atom. The van der Waals surface area contributed by atoms with Gasteiger partial charge in [0.25, 0.3) is 5.56 Å². The molecule has 0 spiro atoms. The molecule has 1 amide bonds. The van der Waals surface area contributed by atoms with Crippen LogP contribution in [0.4, 0.5) is 5.82 Å². The molecule has 0 bridgehead atoms. The van der Waals surface area contributed by atoms with E-state index in [1.807, 2.05) is 6.92 Å². The van der Waals surface area contributed by atoms with Gasteiger partial charge in [0, 0.05) is 18.8 Å². The summed E-state index contributed by atoms with van der Waals surface area (Å²) in [4.78, 5) is 31.6. The highest BCUT2D eigenvalue weighted by molar-refractivity contribution is 7.99. The Morgan fingerprint density at radius 1 is 1.43 bits per heavy atom. The second-order valence-electron chi connectivity index (χ2n) is 5.13. The molecule has 3 heterocycles. The first-order chi connectivity index (χ1) is 10.9. The van der Waals surface area contributed by atoms with Crippen LogP contribution in [0.5, 0.6) is 0 Å². The van der Waals surface area contributed by atoms with Crippen LogP contribution >= 0.6 is 11.8 Å². The van der Waals surface area contributed by atoms with E-state index in [0.717, 1.165) is 5.69 Å². The van der Waals surface area contributed by atoms with Crippen molar-refractivity contribution >= 4 is 34.5 Å². The van der Waals surface area contributed by atoms with E-state index < -0.39 is 0 Å². The molecule has 0 aliphatic heterocycles. The summed E-state index contributed by atoms with van der Waals surface area (Å²) in [5.41, 5.74) is 1.77. The predicted molar refractivity (Wildman–Crippen MR) is 86.7 cm³/mol. The highest BCUT2D eigenvalue weighted by Crippen LogP contribution is 2.18. The highest BCUT2D eigenvalue weighted by Gasteiger charge is 2.13. The molecular weight excluding hydrogens is 318 g/mol. The predicted octanol–water partition coefficient (Wildman–Crippen LogP) is 1.60. The van der Waals surface area contributed by atoms with Gasteiger partial charge >= 0.3 is 0 Å². The fraction of sp³-hybridized carbons (Fsp3) is 0.286.